The standard InChI is InChI=1S/C11H11Cl2N3O2S/c1-6(8-3-4-9(12)10(13)5-8)19(17,18)11-14-7(2)15-16-11/h3-6H,1-2H3,(H,14,15,16). The number of nitrogens with zero attached hydrogens (tertiary/aromatic N) is 2. The Kier molecular flexibility index (Phi) is 3.85. The number of aryl methyl sites for hydroxylation is 1. The van der Waals surface area contributed by atoms with Gasteiger partial charge in [0.05, 0.1) is 15.3 Å². The predicted octanol–water partition coefficient (Wildman–Crippen LogP) is 2.95. The number of aromatic nitrogens is 3. The van der Waals surface area contributed by atoms with Gasteiger partial charge in [0, 0.05) is 0 Å². The fraction of sp³-hybridized carbons (Fsp3) is 0.273. The van der Waals surface area contributed by atoms with E-state index in [9.17, 15) is 8.42 Å². The molecule has 0 spiro atoms. The second-order valence-electron chi connectivity index (χ2n) is 4.06. The maximum absolute atomic E-state index is 12.3. The van der Waals surface area contributed by atoms with E-state index in [2.05, 4.69) is 15.2 Å². The number of halogens is 2. The van der Waals surface area contributed by atoms with Crippen molar-refractivity contribution in [3.05, 3.63) is 39.6 Å². The molecule has 5 nitrogen and oxygen atoms in total. The van der Waals surface area contributed by atoms with E-state index in [-0.39, 0.29) is 5.16 Å². The lowest BCUT2D eigenvalue weighted by Gasteiger charge is -2.11. The molecule has 1 atom stereocenters. The zero-order valence-electron chi connectivity index (χ0n) is 10.2. The van der Waals surface area contributed by atoms with Gasteiger partial charge in [0.1, 0.15) is 5.82 Å². The molecular formula is C11H11Cl2N3O2S. The Balaban J connectivity index is 2.43. The van der Waals surface area contributed by atoms with Crippen LogP contribution in [0.25, 0.3) is 0 Å². The Morgan fingerprint density at radius 1 is 1.26 bits per heavy atom. The third kappa shape index (κ3) is 2.75. The molecule has 0 saturated carbocycles. The van der Waals surface area contributed by atoms with Crippen molar-refractivity contribution in [1.29, 1.82) is 0 Å². The zero-order chi connectivity index (χ0) is 14.2. The summed E-state index contributed by atoms with van der Waals surface area (Å²) in [6.07, 6.45) is 0. The molecule has 1 heterocycles. The molecule has 1 N–H and O–H groups in total. The first-order valence-corrected chi connectivity index (χ1v) is 7.70. The summed E-state index contributed by atoms with van der Waals surface area (Å²) in [4.78, 5) is 3.86. The monoisotopic (exact) mass is 319 g/mol. The highest BCUT2D eigenvalue weighted by atomic mass is 35.5. The Morgan fingerprint density at radius 2 is 1.95 bits per heavy atom. The number of benzene rings is 1. The van der Waals surface area contributed by atoms with Gasteiger partial charge in [-0.3, -0.25) is 5.10 Å². The highest BCUT2D eigenvalue weighted by Crippen LogP contribution is 2.31. The van der Waals surface area contributed by atoms with Crippen LogP contribution in [0.1, 0.15) is 23.6 Å². The van der Waals surface area contributed by atoms with Crippen LogP contribution in [0.3, 0.4) is 0 Å². The van der Waals surface area contributed by atoms with Gasteiger partial charge in [-0.2, -0.15) is 0 Å². The first-order chi connectivity index (χ1) is 8.82. The van der Waals surface area contributed by atoms with Crippen LogP contribution in [-0.4, -0.2) is 23.6 Å². The fourth-order valence-corrected chi connectivity index (χ4v) is 3.12. The van der Waals surface area contributed by atoms with Crippen LogP contribution in [0, 0.1) is 6.92 Å². The third-order valence-electron chi connectivity index (χ3n) is 2.71. The second kappa shape index (κ2) is 5.11. The molecule has 2 rings (SSSR count). The number of nitrogens with one attached hydrogen (secondary N) is 1. The van der Waals surface area contributed by atoms with Crippen LogP contribution in [0.5, 0.6) is 0 Å². The van der Waals surface area contributed by atoms with E-state index >= 15 is 0 Å². The zero-order valence-corrected chi connectivity index (χ0v) is 12.5. The molecular weight excluding hydrogens is 309 g/mol. The number of sulfone groups is 1. The molecule has 1 unspecified atom stereocenters. The molecule has 0 aliphatic heterocycles. The van der Waals surface area contributed by atoms with E-state index in [4.69, 9.17) is 23.2 Å². The van der Waals surface area contributed by atoms with Crippen molar-refractivity contribution < 1.29 is 8.42 Å². The average molecular weight is 320 g/mol. The van der Waals surface area contributed by atoms with Crippen LogP contribution in [0.4, 0.5) is 0 Å². The van der Waals surface area contributed by atoms with E-state index in [0.717, 1.165) is 0 Å². The van der Waals surface area contributed by atoms with Crippen LogP contribution < -0.4 is 0 Å². The van der Waals surface area contributed by atoms with Gasteiger partial charge in [-0.1, -0.05) is 29.3 Å². The summed E-state index contributed by atoms with van der Waals surface area (Å²) >= 11 is 11.7. The number of hydrogen-bond acceptors (Lipinski definition) is 4. The predicted molar refractivity (Wildman–Crippen MR) is 73.2 cm³/mol. The number of hydrogen-bond donors (Lipinski definition) is 1. The lowest BCUT2D eigenvalue weighted by atomic mass is 10.2. The van der Waals surface area contributed by atoms with Crippen molar-refractivity contribution in [3.63, 3.8) is 0 Å². The molecule has 2 aromatic rings. The van der Waals surface area contributed by atoms with E-state index in [1.54, 1.807) is 26.0 Å². The highest BCUT2D eigenvalue weighted by molar-refractivity contribution is 7.91. The third-order valence-corrected chi connectivity index (χ3v) is 5.34. The van der Waals surface area contributed by atoms with Crippen LogP contribution in [0.2, 0.25) is 10.0 Å². The molecule has 102 valence electrons. The Labute approximate surface area is 120 Å². The molecule has 19 heavy (non-hydrogen) atoms. The van der Waals surface area contributed by atoms with E-state index in [1.807, 2.05) is 0 Å². The van der Waals surface area contributed by atoms with Gasteiger partial charge in [0.25, 0.3) is 5.16 Å². The van der Waals surface area contributed by atoms with Gasteiger partial charge in [0.15, 0.2) is 0 Å². The molecule has 0 radical (unpaired) electrons. The Morgan fingerprint density at radius 3 is 2.47 bits per heavy atom. The summed E-state index contributed by atoms with van der Waals surface area (Å²) in [5.41, 5.74) is 0.539. The largest absolute Gasteiger partial charge is 0.267 e. The first kappa shape index (κ1) is 14.3. The van der Waals surface area contributed by atoms with Crippen molar-refractivity contribution in [1.82, 2.24) is 15.2 Å². The van der Waals surface area contributed by atoms with Gasteiger partial charge >= 0.3 is 0 Å². The minimum atomic E-state index is -3.66. The maximum atomic E-state index is 12.3. The summed E-state index contributed by atoms with van der Waals surface area (Å²) in [5.74, 6) is 0.444. The van der Waals surface area contributed by atoms with E-state index in [1.165, 1.54) is 6.07 Å². The lowest BCUT2D eigenvalue weighted by molar-refractivity contribution is 0.577. The SMILES string of the molecule is Cc1nc(S(=O)(=O)C(C)c2ccc(Cl)c(Cl)c2)n[nH]1. The normalized spacial score (nSPS) is 13.5. The van der Waals surface area contributed by atoms with Gasteiger partial charge in [-0.25, -0.2) is 13.4 Å². The molecule has 0 aliphatic carbocycles. The summed E-state index contributed by atoms with van der Waals surface area (Å²) in [6, 6.07) is 4.72. The number of H-pyrrole nitrogens is 1. The minimum absolute atomic E-state index is 0.219. The molecule has 1 aromatic carbocycles. The summed E-state index contributed by atoms with van der Waals surface area (Å²) in [7, 11) is -3.66. The smallest absolute Gasteiger partial charge is 0.262 e. The van der Waals surface area contributed by atoms with Crippen molar-refractivity contribution in [3.8, 4) is 0 Å². The number of aromatic amines is 1. The van der Waals surface area contributed by atoms with Crippen molar-refractivity contribution in [2.45, 2.75) is 24.3 Å². The summed E-state index contributed by atoms with van der Waals surface area (Å²) in [6.45, 7) is 3.19. The maximum Gasteiger partial charge on any atom is 0.267 e. The molecule has 0 bridgehead atoms. The molecule has 8 heteroatoms. The van der Waals surface area contributed by atoms with Crippen LogP contribution in [0.15, 0.2) is 23.4 Å². The summed E-state index contributed by atoms with van der Waals surface area (Å²) in [5, 5.41) is 5.87. The Hall–Kier alpha value is -1.11. The number of rotatable bonds is 3. The lowest BCUT2D eigenvalue weighted by Crippen LogP contribution is -2.12. The van der Waals surface area contributed by atoms with Gasteiger partial charge < -0.3 is 0 Å². The van der Waals surface area contributed by atoms with Crippen LogP contribution in [-0.2, 0) is 9.84 Å². The van der Waals surface area contributed by atoms with E-state index in [0.29, 0.717) is 21.4 Å². The molecule has 0 amide bonds. The van der Waals surface area contributed by atoms with Crippen molar-refractivity contribution in [2.24, 2.45) is 0 Å². The van der Waals surface area contributed by atoms with E-state index < -0.39 is 15.1 Å². The van der Waals surface area contributed by atoms with Gasteiger partial charge in [-0.05, 0) is 31.5 Å². The minimum Gasteiger partial charge on any atom is -0.262 e. The van der Waals surface area contributed by atoms with Gasteiger partial charge in [0.2, 0.25) is 9.84 Å². The van der Waals surface area contributed by atoms with Crippen LogP contribution >= 0.6 is 23.2 Å². The molecule has 0 saturated heterocycles. The Bertz CT molecular complexity index is 712. The topological polar surface area (TPSA) is 75.7 Å². The van der Waals surface area contributed by atoms with Gasteiger partial charge in [-0.15, -0.1) is 5.10 Å². The highest BCUT2D eigenvalue weighted by Gasteiger charge is 2.29. The average Bonchev–Trinajstić information content (AvgIpc) is 2.79. The van der Waals surface area contributed by atoms with Crippen molar-refractivity contribution >= 4 is 33.0 Å². The van der Waals surface area contributed by atoms with Crippen molar-refractivity contribution in [2.75, 3.05) is 0 Å². The summed E-state index contributed by atoms with van der Waals surface area (Å²) < 4.78 is 24.6. The molecule has 0 fully saturated rings. The molecule has 1 aromatic heterocycles. The first-order valence-electron chi connectivity index (χ1n) is 5.40. The quantitative estimate of drug-likeness (QED) is 0.943. The second-order valence-corrected chi connectivity index (χ2v) is 7.04. The fourth-order valence-electron chi connectivity index (χ4n) is 1.55. The molecule has 0 aliphatic rings.